The van der Waals surface area contributed by atoms with Gasteiger partial charge in [0.1, 0.15) is 5.60 Å². The Bertz CT molecular complexity index is 176. The first-order chi connectivity index (χ1) is 5.12. The van der Waals surface area contributed by atoms with Crippen molar-refractivity contribution >= 4 is 6.09 Å². The van der Waals surface area contributed by atoms with Gasteiger partial charge >= 0.3 is 12.3 Å². The quantitative estimate of drug-likeness (QED) is 0.713. The van der Waals surface area contributed by atoms with Crippen molar-refractivity contribution in [2.75, 3.05) is 0 Å². The van der Waals surface area contributed by atoms with E-state index >= 15 is 0 Å². The van der Waals surface area contributed by atoms with Crippen LogP contribution in [0.2, 0.25) is 0 Å². The van der Waals surface area contributed by atoms with E-state index in [0.29, 0.717) is 0 Å². The van der Waals surface area contributed by atoms with E-state index in [1.807, 2.05) is 0 Å². The zero-order chi connectivity index (χ0) is 9.99. The maximum Gasteiger partial charge on any atom is 0.405 e. The number of hydrogen-bond acceptors (Lipinski definition) is 2. The highest BCUT2D eigenvalue weighted by molar-refractivity contribution is 5.65. The molecule has 0 saturated carbocycles. The maximum absolute atomic E-state index is 11.8. The Balaban J connectivity index is 4.13. The molecule has 0 aliphatic heterocycles. The van der Waals surface area contributed by atoms with Gasteiger partial charge in [-0.3, -0.25) is 0 Å². The molecule has 0 radical (unpaired) electrons. The summed E-state index contributed by atoms with van der Waals surface area (Å²) in [4.78, 5) is 10.1. The van der Waals surface area contributed by atoms with Gasteiger partial charge in [0.05, 0.1) is 6.42 Å². The number of nitrogens with two attached hydrogens (primary N) is 1. The van der Waals surface area contributed by atoms with Gasteiger partial charge < -0.3 is 10.5 Å². The number of carbonyl (C=O) groups excluding carboxylic acids is 1. The summed E-state index contributed by atoms with van der Waals surface area (Å²) in [5.74, 6) is 0. The molecule has 0 aliphatic carbocycles. The van der Waals surface area contributed by atoms with Crippen molar-refractivity contribution in [3.8, 4) is 0 Å². The molecule has 0 aromatic rings. The van der Waals surface area contributed by atoms with Gasteiger partial charge in [-0.15, -0.1) is 0 Å². The van der Waals surface area contributed by atoms with Crippen LogP contribution in [0.5, 0.6) is 0 Å². The second kappa shape index (κ2) is 3.20. The number of halogens is 3. The average Bonchev–Trinajstić information content (AvgIpc) is 1.48. The Hall–Kier alpha value is -0.940. The molecule has 0 unspecified atom stereocenters. The molecule has 0 aliphatic rings. The largest absolute Gasteiger partial charge is 0.443 e. The van der Waals surface area contributed by atoms with Crippen molar-refractivity contribution in [3.05, 3.63) is 0 Å². The van der Waals surface area contributed by atoms with E-state index in [4.69, 9.17) is 0 Å². The van der Waals surface area contributed by atoms with Crippen LogP contribution in [0.25, 0.3) is 0 Å². The summed E-state index contributed by atoms with van der Waals surface area (Å²) in [7, 11) is 0. The predicted octanol–water partition coefficient (Wildman–Crippen LogP) is 1.81. The van der Waals surface area contributed by atoms with Crippen LogP contribution in [0.3, 0.4) is 0 Å². The first-order valence-corrected chi connectivity index (χ1v) is 3.18. The molecule has 0 spiro atoms. The number of alkyl halides is 3. The van der Waals surface area contributed by atoms with Crippen LogP contribution in [-0.2, 0) is 4.74 Å². The van der Waals surface area contributed by atoms with E-state index in [-0.39, 0.29) is 0 Å². The molecule has 0 aromatic heterocycles. The fraction of sp³-hybridized carbons (Fsp3) is 0.833. The second-order valence-corrected chi connectivity index (χ2v) is 2.97. The molecule has 72 valence electrons. The summed E-state index contributed by atoms with van der Waals surface area (Å²) in [6.45, 7) is 2.29. The summed E-state index contributed by atoms with van der Waals surface area (Å²) in [5, 5.41) is 0. The SMILES string of the molecule is CC(C)(CC(F)(F)F)OC(N)=O. The highest BCUT2D eigenvalue weighted by atomic mass is 19.4. The number of rotatable bonds is 2. The van der Waals surface area contributed by atoms with Crippen LogP contribution < -0.4 is 5.73 Å². The van der Waals surface area contributed by atoms with Gasteiger partial charge in [-0.05, 0) is 13.8 Å². The van der Waals surface area contributed by atoms with Gasteiger partial charge in [0.2, 0.25) is 0 Å². The van der Waals surface area contributed by atoms with E-state index < -0.39 is 24.3 Å². The lowest BCUT2D eigenvalue weighted by Crippen LogP contribution is -2.35. The molecular formula is C6H10F3NO2. The van der Waals surface area contributed by atoms with Crippen LogP contribution in [0.4, 0.5) is 18.0 Å². The number of carbonyl (C=O) groups is 1. The Labute approximate surface area is 67.7 Å². The summed E-state index contributed by atoms with van der Waals surface area (Å²) in [6, 6.07) is 0. The average molecular weight is 185 g/mol. The molecule has 0 aromatic carbocycles. The Kier molecular flexibility index (Phi) is 2.95. The molecule has 0 bridgehead atoms. The zero-order valence-corrected chi connectivity index (χ0v) is 6.73. The minimum atomic E-state index is -4.36. The smallest absolute Gasteiger partial charge is 0.405 e. The topological polar surface area (TPSA) is 52.3 Å². The molecule has 2 N–H and O–H groups in total. The number of primary amides is 1. The summed E-state index contributed by atoms with van der Waals surface area (Å²) in [6.07, 6.45) is -6.77. The van der Waals surface area contributed by atoms with Crippen LogP contribution in [0, 0.1) is 0 Å². The van der Waals surface area contributed by atoms with Crippen molar-refractivity contribution in [1.29, 1.82) is 0 Å². The molecule has 0 fully saturated rings. The normalized spacial score (nSPS) is 12.8. The molecular weight excluding hydrogens is 175 g/mol. The number of ether oxygens (including phenoxy) is 1. The van der Waals surface area contributed by atoms with Crippen molar-refractivity contribution in [2.45, 2.75) is 32.0 Å². The lowest BCUT2D eigenvalue weighted by molar-refractivity contribution is -0.168. The van der Waals surface area contributed by atoms with E-state index in [1.165, 1.54) is 0 Å². The fourth-order valence-corrected chi connectivity index (χ4v) is 0.791. The third kappa shape index (κ3) is 5.82. The molecule has 0 atom stereocenters. The van der Waals surface area contributed by atoms with Crippen LogP contribution >= 0.6 is 0 Å². The maximum atomic E-state index is 11.8. The first kappa shape index (κ1) is 11.1. The van der Waals surface area contributed by atoms with Crippen molar-refractivity contribution in [1.82, 2.24) is 0 Å². The fourth-order valence-electron chi connectivity index (χ4n) is 0.791. The van der Waals surface area contributed by atoms with Gasteiger partial charge in [0.25, 0.3) is 0 Å². The van der Waals surface area contributed by atoms with Crippen LogP contribution in [0.15, 0.2) is 0 Å². The van der Waals surface area contributed by atoms with Crippen LogP contribution in [0.1, 0.15) is 20.3 Å². The Morgan fingerprint density at radius 3 is 2.08 bits per heavy atom. The van der Waals surface area contributed by atoms with Crippen LogP contribution in [-0.4, -0.2) is 17.9 Å². The van der Waals surface area contributed by atoms with Crippen molar-refractivity contribution in [3.63, 3.8) is 0 Å². The molecule has 0 rings (SSSR count). The summed E-state index contributed by atoms with van der Waals surface area (Å²) >= 11 is 0. The van der Waals surface area contributed by atoms with Gasteiger partial charge in [0, 0.05) is 0 Å². The Morgan fingerprint density at radius 1 is 1.42 bits per heavy atom. The molecule has 3 nitrogen and oxygen atoms in total. The van der Waals surface area contributed by atoms with Crippen molar-refractivity contribution in [2.24, 2.45) is 5.73 Å². The van der Waals surface area contributed by atoms with E-state index in [2.05, 4.69) is 10.5 Å². The molecule has 12 heavy (non-hydrogen) atoms. The van der Waals surface area contributed by atoms with Gasteiger partial charge in [0.15, 0.2) is 0 Å². The minimum absolute atomic E-state index is 1.14. The minimum Gasteiger partial charge on any atom is -0.443 e. The summed E-state index contributed by atoms with van der Waals surface area (Å²) in [5.41, 5.74) is 2.98. The van der Waals surface area contributed by atoms with E-state index in [1.54, 1.807) is 0 Å². The number of amides is 1. The van der Waals surface area contributed by atoms with Gasteiger partial charge in [-0.1, -0.05) is 0 Å². The van der Waals surface area contributed by atoms with Crippen molar-refractivity contribution < 1.29 is 22.7 Å². The lowest BCUT2D eigenvalue weighted by Gasteiger charge is -2.24. The monoisotopic (exact) mass is 185 g/mol. The second-order valence-electron chi connectivity index (χ2n) is 2.97. The third-order valence-corrected chi connectivity index (χ3v) is 1.00. The molecule has 1 amide bonds. The summed E-state index contributed by atoms with van der Waals surface area (Å²) < 4.78 is 39.5. The molecule has 0 saturated heterocycles. The third-order valence-electron chi connectivity index (χ3n) is 1.00. The predicted molar refractivity (Wildman–Crippen MR) is 35.4 cm³/mol. The standard InChI is InChI=1S/C6H10F3NO2/c1-5(2,12-4(10)11)3-6(7,8)9/h3H2,1-2H3,(H2,10,11). The van der Waals surface area contributed by atoms with E-state index in [9.17, 15) is 18.0 Å². The highest BCUT2D eigenvalue weighted by Gasteiger charge is 2.38. The Morgan fingerprint density at radius 2 is 1.83 bits per heavy atom. The molecule has 0 heterocycles. The first-order valence-electron chi connectivity index (χ1n) is 3.18. The highest BCUT2D eigenvalue weighted by Crippen LogP contribution is 2.29. The number of hydrogen-bond donors (Lipinski definition) is 1. The lowest BCUT2D eigenvalue weighted by atomic mass is 10.1. The molecule has 6 heteroatoms. The zero-order valence-electron chi connectivity index (χ0n) is 6.73. The van der Waals surface area contributed by atoms with Gasteiger partial charge in [-0.25, -0.2) is 4.79 Å². The van der Waals surface area contributed by atoms with Gasteiger partial charge in [-0.2, -0.15) is 13.2 Å². The van der Waals surface area contributed by atoms with E-state index in [0.717, 1.165) is 13.8 Å².